The van der Waals surface area contributed by atoms with E-state index in [2.05, 4.69) is 10.3 Å². The fraction of sp³-hybridized carbons (Fsp3) is 0.538. The summed E-state index contributed by atoms with van der Waals surface area (Å²) in [6, 6.07) is 0.636. The van der Waals surface area contributed by atoms with Crippen LogP contribution in [0.15, 0.2) is 6.07 Å². The number of anilines is 1. The van der Waals surface area contributed by atoms with Crippen molar-refractivity contribution in [1.82, 2.24) is 4.98 Å². The summed E-state index contributed by atoms with van der Waals surface area (Å²) in [4.78, 5) is 15.3. The molecule has 0 radical (unpaired) electrons. The second-order valence-corrected chi connectivity index (χ2v) is 4.81. The summed E-state index contributed by atoms with van der Waals surface area (Å²) in [6.07, 6.45) is -2.57. The minimum Gasteiger partial charge on any atom is -0.493 e. The molecule has 0 unspecified atom stereocenters. The molecule has 1 aromatic rings. The van der Waals surface area contributed by atoms with E-state index in [9.17, 15) is 23.1 Å². The fourth-order valence-electron chi connectivity index (χ4n) is 1.67. The standard InChI is InChI=1S/C13H15F3N2O3/c1-2-5-21-12(20)8-6-9(13(14,15)16)11(19)18-10(8)17-7-3-4-7/h6-7H,2-5H2,1H3,(H2,17,18,19). The normalized spacial score (nSPS) is 14.9. The van der Waals surface area contributed by atoms with Crippen molar-refractivity contribution in [3.63, 3.8) is 0 Å². The molecule has 2 rings (SSSR count). The molecule has 0 aliphatic heterocycles. The van der Waals surface area contributed by atoms with Gasteiger partial charge in [-0.2, -0.15) is 18.2 Å². The lowest BCUT2D eigenvalue weighted by molar-refractivity contribution is -0.139. The Morgan fingerprint density at radius 1 is 1.52 bits per heavy atom. The quantitative estimate of drug-likeness (QED) is 0.818. The molecule has 21 heavy (non-hydrogen) atoms. The van der Waals surface area contributed by atoms with Crippen LogP contribution in [-0.4, -0.2) is 28.7 Å². The predicted molar refractivity (Wildman–Crippen MR) is 68.1 cm³/mol. The zero-order chi connectivity index (χ0) is 15.6. The second-order valence-electron chi connectivity index (χ2n) is 4.81. The van der Waals surface area contributed by atoms with E-state index < -0.39 is 23.6 Å². The maximum atomic E-state index is 12.8. The third-order valence-electron chi connectivity index (χ3n) is 2.88. The highest BCUT2D eigenvalue weighted by Gasteiger charge is 2.37. The Morgan fingerprint density at radius 3 is 2.71 bits per heavy atom. The minimum absolute atomic E-state index is 0.0614. The van der Waals surface area contributed by atoms with E-state index in [1.165, 1.54) is 0 Å². The summed E-state index contributed by atoms with van der Waals surface area (Å²) in [5, 5.41) is 12.2. The Kier molecular flexibility index (Phi) is 4.24. The van der Waals surface area contributed by atoms with E-state index >= 15 is 0 Å². The molecule has 0 aromatic carbocycles. The smallest absolute Gasteiger partial charge is 0.421 e. The number of nitrogens with one attached hydrogen (secondary N) is 1. The van der Waals surface area contributed by atoms with Gasteiger partial charge in [-0.3, -0.25) is 0 Å². The highest BCUT2D eigenvalue weighted by molar-refractivity contribution is 5.95. The molecular weight excluding hydrogens is 289 g/mol. The Balaban J connectivity index is 2.38. The zero-order valence-electron chi connectivity index (χ0n) is 11.3. The van der Waals surface area contributed by atoms with Crippen LogP contribution >= 0.6 is 0 Å². The Bertz CT molecular complexity index is 542. The topological polar surface area (TPSA) is 71.5 Å². The van der Waals surface area contributed by atoms with Gasteiger partial charge in [-0.15, -0.1) is 0 Å². The summed E-state index contributed by atoms with van der Waals surface area (Å²) in [6.45, 7) is 1.87. The minimum atomic E-state index is -4.80. The number of halogens is 3. The maximum absolute atomic E-state index is 12.8. The molecule has 1 heterocycles. The molecule has 1 aliphatic rings. The van der Waals surface area contributed by atoms with Gasteiger partial charge in [0, 0.05) is 6.04 Å². The molecule has 1 aromatic heterocycles. The van der Waals surface area contributed by atoms with Crippen LogP contribution in [0, 0.1) is 0 Å². The Morgan fingerprint density at radius 2 is 2.19 bits per heavy atom. The lowest BCUT2D eigenvalue weighted by Gasteiger charge is -2.14. The first-order chi connectivity index (χ1) is 9.82. The highest BCUT2D eigenvalue weighted by Crippen LogP contribution is 2.37. The van der Waals surface area contributed by atoms with Gasteiger partial charge in [0.15, 0.2) is 0 Å². The van der Waals surface area contributed by atoms with Crippen molar-refractivity contribution in [1.29, 1.82) is 0 Å². The maximum Gasteiger partial charge on any atom is 0.421 e. The van der Waals surface area contributed by atoms with Crippen LogP contribution < -0.4 is 5.32 Å². The van der Waals surface area contributed by atoms with Crippen LogP contribution in [0.1, 0.15) is 42.1 Å². The summed E-state index contributed by atoms with van der Waals surface area (Å²) < 4.78 is 43.2. The summed E-state index contributed by atoms with van der Waals surface area (Å²) in [5.74, 6) is -2.13. The van der Waals surface area contributed by atoms with Crippen molar-refractivity contribution in [3.8, 4) is 5.88 Å². The van der Waals surface area contributed by atoms with E-state index in [1.807, 2.05) is 0 Å². The van der Waals surface area contributed by atoms with Gasteiger partial charge in [0.1, 0.15) is 16.9 Å². The number of pyridine rings is 1. The number of carbonyl (C=O) groups is 1. The lowest BCUT2D eigenvalue weighted by Crippen LogP contribution is -2.16. The Labute approximate surface area is 119 Å². The average Bonchev–Trinajstić information content (AvgIpc) is 3.18. The number of rotatable bonds is 5. The molecule has 0 bridgehead atoms. The number of carbonyl (C=O) groups excluding carboxylic acids is 1. The summed E-state index contributed by atoms with van der Waals surface area (Å²) >= 11 is 0. The number of aromatic nitrogens is 1. The van der Waals surface area contributed by atoms with Crippen LogP contribution in [0.4, 0.5) is 19.0 Å². The number of esters is 1. The first-order valence-electron chi connectivity index (χ1n) is 6.57. The van der Waals surface area contributed by atoms with Gasteiger partial charge in [-0.05, 0) is 25.3 Å². The van der Waals surface area contributed by atoms with Gasteiger partial charge in [-0.25, -0.2) is 4.79 Å². The molecule has 0 saturated heterocycles. The summed E-state index contributed by atoms with van der Waals surface area (Å²) in [7, 11) is 0. The number of aromatic hydroxyl groups is 1. The van der Waals surface area contributed by atoms with E-state index in [1.54, 1.807) is 6.92 Å². The third-order valence-corrected chi connectivity index (χ3v) is 2.88. The molecule has 0 atom stereocenters. The lowest BCUT2D eigenvalue weighted by atomic mass is 10.1. The molecule has 8 heteroatoms. The fourth-order valence-corrected chi connectivity index (χ4v) is 1.67. The summed E-state index contributed by atoms with van der Waals surface area (Å²) in [5.41, 5.74) is -1.67. The van der Waals surface area contributed by atoms with Crippen molar-refractivity contribution < 1.29 is 27.8 Å². The van der Waals surface area contributed by atoms with Crippen LogP contribution in [0.5, 0.6) is 5.88 Å². The molecular formula is C13H15F3N2O3. The van der Waals surface area contributed by atoms with Crippen molar-refractivity contribution in [3.05, 3.63) is 17.2 Å². The number of alkyl halides is 3. The first-order valence-corrected chi connectivity index (χ1v) is 6.57. The number of nitrogens with zero attached hydrogens (tertiary/aromatic N) is 1. The average molecular weight is 304 g/mol. The van der Waals surface area contributed by atoms with Gasteiger partial charge < -0.3 is 15.2 Å². The second kappa shape index (κ2) is 5.79. The van der Waals surface area contributed by atoms with E-state index in [4.69, 9.17) is 4.74 Å². The van der Waals surface area contributed by atoms with Crippen molar-refractivity contribution in [2.24, 2.45) is 0 Å². The molecule has 0 amide bonds. The largest absolute Gasteiger partial charge is 0.493 e. The van der Waals surface area contributed by atoms with Gasteiger partial charge in [0.25, 0.3) is 0 Å². The third kappa shape index (κ3) is 3.77. The first kappa shape index (κ1) is 15.4. The van der Waals surface area contributed by atoms with Gasteiger partial charge in [0.05, 0.1) is 6.61 Å². The van der Waals surface area contributed by atoms with Crippen molar-refractivity contribution in [2.45, 2.75) is 38.4 Å². The monoisotopic (exact) mass is 304 g/mol. The number of hydrogen-bond donors (Lipinski definition) is 2. The van der Waals surface area contributed by atoms with Crippen LogP contribution in [0.3, 0.4) is 0 Å². The number of ether oxygens (including phenoxy) is 1. The van der Waals surface area contributed by atoms with Crippen LogP contribution in [-0.2, 0) is 10.9 Å². The number of hydrogen-bond acceptors (Lipinski definition) is 5. The van der Waals surface area contributed by atoms with Gasteiger partial charge in [0.2, 0.25) is 5.88 Å². The zero-order valence-corrected chi connectivity index (χ0v) is 11.3. The SMILES string of the molecule is CCCOC(=O)c1cc(C(F)(F)F)c(O)nc1NC1CC1. The molecule has 5 nitrogen and oxygen atoms in total. The molecule has 116 valence electrons. The van der Waals surface area contributed by atoms with Gasteiger partial charge in [-0.1, -0.05) is 6.92 Å². The van der Waals surface area contributed by atoms with E-state index in [0.717, 1.165) is 12.8 Å². The van der Waals surface area contributed by atoms with E-state index in [0.29, 0.717) is 12.5 Å². The predicted octanol–water partition coefficient (Wildman–Crippen LogP) is 2.95. The molecule has 2 N–H and O–H groups in total. The van der Waals surface area contributed by atoms with Crippen LogP contribution in [0.2, 0.25) is 0 Å². The molecule has 0 spiro atoms. The van der Waals surface area contributed by atoms with E-state index in [-0.39, 0.29) is 24.0 Å². The highest BCUT2D eigenvalue weighted by atomic mass is 19.4. The Hall–Kier alpha value is -1.99. The van der Waals surface area contributed by atoms with Gasteiger partial charge >= 0.3 is 12.1 Å². The van der Waals surface area contributed by atoms with Crippen LogP contribution in [0.25, 0.3) is 0 Å². The molecule has 1 fully saturated rings. The molecule has 1 aliphatic carbocycles. The van der Waals surface area contributed by atoms with Crippen molar-refractivity contribution >= 4 is 11.8 Å². The van der Waals surface area contributed by atoms with Crippen molar-refractivity contribution in [2.75, 3.05) is 11.9 Å². The molecule has 1 saturated carbocycles.